The van der Waals surface area contributed by atoms with E-state index in [2.05, 4.69) is 5.32 Å². The highest BCUT2D eigenvalue weighted by Crippen LogP contribution is 2.26. The van der Waals surface area contributed by atoms with Gasteiger partial charge in [-0.25, -0.2) is 4.79 Å². The highest BCUT2D eigenvalue weighted by Gasteiger charge is 2.16. The largest absolute Gasteiger partial charge is 0.507 e. The fourth-order valence-electron chi connectivity index (χ4n) is 2.53. The maximum atomic E-state index is 12.2. The average Bonchev–Trinajstić information content (AvgIpc) is 2.66. The number of para-hydroxylation sites is 1. The first-order chi connectivity index (χ1) is 12.6. The quantitative estimate of drug-likeness (QED) is 0.525. The van der Waals surface area contributed by atoms with Crippen LogP contribution in [-0.2, 0) is 9.53 Å². The maximum Gasteiger partial charge on any atom is 0.342 e. The molecule has 0 saturated carbocycles. The lowest BCUT2D eigenvalue weighted by Gasteiger charge is -2.10. The third-order valence-electron chi connectivity index (χ3n) is 3.80. The molecule has 0 aliphatic heterocycles. The Morgan fingerprint density at radius 2 is 1.69 bits per heavy atom. The second-order valence-electron chi connectivity index (χ2n) is 5.54. The van der Waals surface area contributed by atoms with Crippen molar-refractivity contribution in [1.82, 2.24) is 0 Å². The number of aromatic hydroxyl groups is 1. The monoisotopic (exact) mass is 367 g/mol. The zero-order chi connectivity index (χ0) is 18.5. The van der Waals surface area contributed by atoms with Gasteiger partial charge in [-0.05, 0) is 41.3 Å². The number of benzene rings is 3. The molecule has 2 N–H and O–H groups in total. The summed E-state index contributed by atoms with van der Waals surface area (Å²) >= 11 is 1.51. The van der Waals surface area contributed by atoms with Crippen molar-refractivity contribution in [3.63, 3.8) is 0 Å². The minimum absolute atomic E-state index is 0.0287. The normalized spacial score (nSPS) is 10.5. The van der Waals surface area contributed by atoms with Crippen molar-refractivity contribution in [3.05, 3.63) is 66.2 Å². The van der Waals surface area contributed by atoms with Crippen molar-refractivity contribution in [1.29, 1.82) is 0 Å². The van der Waals surface area contributed by atoms with Crippen LogP contribution in [-0.4, -0.2) is 29.8 Å². The summed E-state index contributed by atoms with van der Waals surface area (Å²) in [6.45, 7) is -0.437. The van der Waals surface area contributed by atoms with E-state index in [1.165, 1.54) is 17.8 Å². The van der Waals surface area contributed by atoms with Gasteiger partial charge in [-0.15, -0.1) is 11.8 Å². The number of ether oxygens (including phenoxy) is 1. The van der Waals surface area contributed by atoms with Gasteiger partial charge in [0.1, 0.15) is 11.3 Å². The molecule has 3 aromatic carbocycles. The molecular weight excluding hydrogens is 350 g/mol. The number of esters is 1. The number of hydrogen-bond donors (Lipinski definition) is 2. The number of carbonyl (C=O) groups excluding carboxylic acids is 2. The van der Waals surface area contributed by atoms with Crippen LogP contribution in [0.15, 0.2) is 65.6 Å². The third kappa shape index (κ3) is 3.97. The molecule has 0 saturated heterocycles. The molecule has 1 amide bonds. The molecule has 0 fully saturated rings. The number of fused-ring (bicyclic) bond motifs is 1. The van der Waals surface area contributed by atoms with Gasteiger partial charge in [0.2, 0.25) is 0 Å². The van der Waals surface area contributed by atoms with E-state index in [0.717, 1.165) is 15.7 Å². The number of hydrogen-bond acceptors (Lipinski definition) is 5. The molecule has 6 heteroatoms. The first-order valence-electron chi connectivity index (χ1n) is 7.90. The molecular formula is C20H17NO4S. The first kappa shape index (κ1) is 17.8. The van der Waals surface area contributed by atoms with E-state index in [0.29, 0.717) is 5.69 Å². The summed E-state index contributed by atoms with van der Waals surface area (Å²) in [7, 11) is 0. The minimum atomic E-state index is -0.749. The van der Waals surface area contributed by atoms with Crippen molar-refractivity contribution in [2.75, 3.05) is 18.2 Å². The molecule has 0 atom stereocenters. The Bertz CT molecular complexity index is 971. The first-order valence-corrected chi connectivity index (χ1v) is 9.12. The number of anilines is 1. The van der Waals surface area contributed by atoms with Gasteiger partial charge in [0.05, 0.1) is 5.69 Å². The Kier molecular flexibility index (Phi) is 5.43. The van der Waals surface area contributed by atoms with E-state index in [1.54, 1.807) is 12.1 Å². The molecule has 0 bridgehead atoms. The zero-order valence-corrected chi connectivity index (χ0v) is 14.9. The Balaban J connectivity index is 1.67. The van der Waals surface area contributed by atoms with Gasteiger partial charge in [0, 0.05) is 4.90 Å². The molecule has 0 aliphatic carbocycles. The number of carbonyl (C=O) groups is 2. The minimum Gasteiger partial charge on any atom is -0.507 e. The van der Waals surface area contributed by atoms with Crippen molar-refractivity contribution in [3.8, 4) is 5.75 Å². The smallest absolute Gasteiger partial charge is 0.342 e. The molecule has 0 radical (unpaired) electrons. The van der Waals surface area contributed by atoms with Gasteiger partial charge in [-0.2, -0.15) is 0 Å². The summed E-state index contributed by atoms with van der Waals surface area (Å²) < 4.78 is 5.05. The van der Waals surface area contributed by atoms with Crippen LogP contribution in [0.4, 0.5) is 5.69 Å². The molecule has 0 heterocycles. The summed E-state index contributed by atoms with van der Waals surface area (Å²) in [5.41, 5.74) is 0.690. The van der Waals surface area contributed by atoms with Crippen LogP contribution in [0.2, 0.25) is 0 Å². The number of amides is 1. The van der Waals surface area contributed by atoms with Crippen molar-refractivity contribution < 1.29 is 19.4 Å². The molecule has 5 nitrogen and oxygen atoms in total. The summed E-state index contributed by atoms with van der Waals surface area (Å²) in [5.74, 6) is -1.37. The zero-order valence-electron chi connectivity index (χ0n) is 14.1. The molecule has 132 valence electrons. The summed E-state index contributed by atoms with van der Waals surface area (Å²) in [4.78, 5) is 25.2. The van der Waals surface area contributed by atoms with Crippen LogP contribution >= 0.6 is 11.8 Å². The molecule has 3 aromatic rings. The molecule has 26 heavy (non-hydrogen) atoms. The van der Waals surface area contributed by atoms with Crippen LogP contribution < -0.4 is 5.32 Å². The molecule has 0 aromatic heterocycles. The highest BCUT2D eigenvalue weighted by atomic mass is 32.2. The van der Waals surface area contributed by atoms with Crippen LogP contribution in [0.5, 0.6) is 5.75 Å². The van der Waals surface area contributed by atoms with E-state index in [1.807, 2.05) is 48.7 Å². The number of nitrogens with one attached hydrogen (secondary N) is 1. The SMILES string of the molecule is CSc1ccccc1NC(=O)COC(=O)c1cc2ccccc2cc1O. The van der Waals surface area contributed by atoms with Gasteiger partial charge in [0.25, 0.3) is 5.91 Å². The van der Waals surface area contributed by atoms with E-state index >= 15 is 0 Å². The van der Waals surface area contributed by atoms with Crippen LogP contribution in [0.1, 0.15) is 10.4 Å². The van der Waals surface area contributed by atoms with Crippen molar-refractivity contribution in [2.45, 2.75) is 4.90 Å². The Labute approximate surface area is 155 Å². The standard InChI is InChI=1S/C20H17NO4S/c1-26-18-9-5-4-8-16(18)21-19(23)12-25-20(24)15-10-13-6-2-3-7-14(13)11-17(15)22/h2-11,22H,12H2,1H3,(H,21,23). The lowest BCUT2D eigenvalue weighted by atomic mass is 10.1. The molecule has 0 spiro atoms. The lowest BCUT2D eigenvalue weighted by molar-refractivity contribution is -0.119. The predicted molar refractivity (Wildman–Crippen MR) is 103 cm³/mol. The Morgan fingerprint density at radius 3 is 2.42 bits per heavy atom. The Hall–Kier alpha value is -2.99. The van der Waals surface area contributed by atoms with Gasteiger partial charge in [0.15, 0.2) is 6.61 Å². The van der Waals surface area contributed by atoms with Gasteiger partial charge >= 0.3 is 5.97 Å². The van der Waals surface area contributed by atoms with Crippen LogP contribution in [0.3, 0.4) is 0 Å². The van der Waals surface area contributed by atoms with Gasteiger partial charge in [-0.1, -0.05) is 36.4 Å². The maximum absolute atomic E-state index is 12.2. The second-order valence-corrected chi connectivity index (χ2v) is 6.39. The lowest BCUT2D eigenvalue weighted by Crippen LogP contribution is -2.21. The van der Waals surface area contributed by atoms with Gasteiger partial charge in [-0.3, -0.25) is 4.79 Å². The van der Waals surface area contributed by atoms with Gasteiger partial charge < -0.3 is 15.2 Å². The fraction of sp³-hybridized carbons (Fsp3) is 0.100. The molecule has 0 unspecified atom stereocenters. The average molecular weight is 367 g/mol. The highest BCUT2D eigenvalue weighted by molar-refractivity contribution is 7.98. The van der Waals surface area contributed by atoms with Crippen LogP contribution in [0, 0.1) is 0 Å². The third-order valence-corrected chi connectivity index (χ3v) is 4.60. The van der Waals surface area contributed by atoms with E-state index in [-0.39, 0.29) is 11.3 Å². The number of thioether (sulfide) groups is 1. The van der Waals surface area contributed by atoms with Crippen LogP contribution in [0.25, 0.3) is 10.8 Å². The number of phenols is 1. The summed E-state index contributed by atoms with van der Waals surface area (Å²) in [5, 5.41) is 14.4. The van der Waals surface area contributed by atoms with E-state index < -0.39 is 18.5 Å². The van der Waals surface area contributed by atoms with E-state index in [4.69, 9.17) is 4.74 Å². The fourth-order valence-corrected chi connectivity index (χ4v) is 3.09. The summed E-state index contributed by atoms with van der Waals surface area (Å²) in [6.07, 6.45) is 1.91. The van der Waals surface area contributed by atoms with E-state index in [9.17, 15) is 14.7 Å². The number of rotatable bonds is 5. The second kappa shape index (κ2) is 7.93. The topological polar surface area (TPSA) is 75.6 Å². The van der Waals surface area contributed by atoms with Crippen molar-refractivity contribution in [2.24, 2.45) is 0 Å². The number of phenolic OH excluding ortho intramolecular Hbond substituents is 1. The predicted octanol–water partition coefficient (Wildman–Crippen LogP) is 4.06. The summed E-state index contributed by atoms with van der Waals surface area (Å²) in [6, 6.07) is 17.8. The Morgan fingerprint density at radius 1 is 1.04 bits per heavy atom. The van der Waals surface area contributed by atoms with Crippen molar-refractivity contribution >= 4 is 40.1 Å². The molecule has 0 aliphatic rings. The molecule has 3 rings (SSSR count).